The Balaban J connectivity index is 1.52. The van der Waals surface area contributed by atoms with Gasteiger partial charge in [-0.05, 0) is 44.0 Å². The minimum absolute atomic E-state index is 0.208. The van der Waals surface area contributed by atoms with Crippen LogP contribution in [0, 0.1) is 0 Å². The van der Waals surface area contributed by atoms with Crippen LogP contribution < -0.4 is 5.32 Å². The van der Waals surface area contributed by atoms with Crippen molar-refractivity contribution in [3.05, 3.63) is 66.4 Å². The number of rotatable bonds is 5. The topological polar surface area (TPSA) is 79.6 Å². The molecular formula is C21H22N2O4S. The summed E-state index contributed by atoms with van der Waals surface area (Å²) in [6.45, 7) is 2.18. The molecule has 0 spiro atoms. The molecule has 1 fully saturated rings. The van der Waals surface area contributed by atoms with E-state index >= 15 is 0 Å². The number of fused-ring (bicyclic) bond motifs is 1. The third kappa shape index (κ3) is 3.43. The van der Waals surface area contributed by atoms with E-state index in [4.69, 9.17) is 4.42 Å². The van der Waals surface area contributed by atoms with Crippen molar-refractivity contribution < 1.29 is 17.6 Å². The third-order valence-corrected chi connectivity index (χ3v) is 7.01. The van der Waals surface area contributed by atoms with Gasteiger partial charge in [-0.25, -0.2) is 8.42 Å². The molecule has 1 amide bonds. The lowest BCUT2D eigenvalue weighted by molar-refractivity contribution is -0.125. The van der Waals surface area contributed by atoms with Crippen molar-refractivity contribution in [1.82, 2.24) is 9.62 Å². The van der Waals surface area contributed by atoms with Gasteiger partial charge in [-0.15, -0.1) is 0 Å². The number of hydrogen-bond acceptors (Lipinski definition) is 4. The molecule has 0 bridgehead atoms. The van der Waals surface area contributed by atoms with Crippen LogP contribution in [0.3, 0.4) is 0 Å². The lowest BCUT2D eigenvalue weighted by Crippen LogP contribution is -2.46. The van der Waals surface area contributed by atoms with E-state index in [0.29, 0.717) is 25.1 Å². The van der Waals surface area contributed by atoms with Gasteiger partial charge in [0.05, 0.1) is 10.9 Å². The highest BCUT2D eigenvalue weighted by Gasteiger charge is 2.39. The second-order valence-corrected chi connectivity index (χ2v) is 8.89. The van der Waals surface area contributed by atoms with Crippen LogP contribution in [0.2, 0.25) is 0 Å². The number of carbonyl (C=O) groups is 1. The molecule has 2 atom stereocenters. The molecule has 28 heavy (non-hydrogen) atoms. The first-order valence-electron chi connectivity index (χ1n) is 9.32. The molecule has 146 valence electrons. The summed E-state index contributed by atoms with van der Waals surface area (Å²) in [5, 5.41) is 3.88. The molecule has 6 nitrogen and oxygen atoms in total. The predicted molar refractivity (Wildman–Crippen MR) is 106 cm³/mol. The van der Waals surface area contributed by atoms with Crippen LogP contribution in [0.15, 0.2) is 70.0 Å². The number of para-hydroxylation sites is 1. The summed E-state index contributed by atoms with van der Waals surface area (Å²) >= 11 is 0. The van der Waals surface area contributed by atoms with Crippen LogP contribution in [0.4, 0.5) is 0 Å². The van der Waals surface area contributed by atoms with Crippen molar-refractivity contribution in [2.24, 2.45) is 0 Å². The van der Waals surface area contributed by atoms with E-state index in [2.05, 4.69) is 5.32 Å². The Bertz CT molecular complexity index is 1060. The third-order valence-electron chi connectivity index (χ3n) is 5.09. The lowest BCUT2D eigenvalue weighted by atomic mass is 10.2. The van der Waals surface area contributed by atoms with Crippen LogP contribution in [-0.2, 0) is 14.8 Å². The number of nitrogens with one attached hydrogen (secondary N) is 1. The van der Waals surface area contributed by atoms with Gasteiger partial charge in [-0.3, -0.25) is 4.79 Å². The van der Waals surface area contributed by atoms with Crippen LogP contribution in [0.5, 0.6) is 0 Å². The van der Waals surface area contributed by atoms with Crippen molar-refractivity contribution in [3.8, 4) is 0 Å². The minimum Gasteiger partial charge on any atom is -0.459 e. The Labute approximate surface area is 164 Å². The van der Waals surface area contributed by atoms with E-state index in [0.717, 1.165) is 11.0 Å². The van der Waals surface area contributed by atoms with Crippen molar-refractivity contribution in [2.75, 3.05) is 6.54 Å². The molecule has 0 saturated carbocycles. The van der Waals surface area contributed by atoms with Crippen molar-refractivity contribution >= 4 is 26.9 Å². The van der Waals surface area contributed by atoms with Gasteiger partial charge in [0, 0.05) is 11.9 Å². The summed E-state index contributed by atoms with van der Waals surface area (Å²) < 4.78 is 33.0. The Morgan fingerprint density at radius 1 is 1.14 bits per heavy atom. The van der Waals surface area contributed by atoms with Gasteiger partial charge in [-0.2, -0.15) is 4.31 Å². The SMILES string of the molecule is C[C@H](NC(=O)[C@@H]1CCCN1S(=O)(=O)c1ccccc1)c1cc2ccccc2o1. The first-order valence-corrected chi connectivity index (χ1v) is 10.8. The average molecular weight is 398 g/mol. The molecule has 4 rings (SSSR count). The highest BCUT2D eigenvalue weighted by atomic mass is 32.2. The van der Waals surface area contributed by atoms with Gasteiger partial charge >= 0.3 is 0 Å². The van der Waals surface area contributed by atoms with Gasteiger partial charge in [0.1, 0.15) is 17.4 Å². The largest absolute Gasteiger partial charge is 0.459 e. The summed E-state index contributed by atoms with van der Waals surface area (Å²) in [4.78, 5) is 13.1. The number of carbonyl (C=O) groups excluding carboxylic acids is 1. The number of furan rings is 1. The van der Waals surface area contributed by atoms with Gasteiger partial charge in [-0.1, -0.05) is 36.4 Å². The van der Waals surface area contributed by atoms with E-state index in [9.17, 15) is 13.2 Å². The summed E-state index contributed by atoms with van der Waals surface area (Å²) in [7, 11) is -3.70. The molecule has 1 aromatic heterocycles. The summed E-state index contributed by atoms with van der Waals surface area (Å²) in [6.07, 6.45) is 1.16. The van der Waals surface area contributed by atoms with E-state index in [1.807, 2.05) is 37.3 Å². The summed E-state index contributed by atoms with van der Waals surface area (Å²) in [6, 6.07) is 16.7. The lowest BCUT2D eigenvalue weighted by Gasteiger charge is -2.24. The summed E-state index contributed by atoms with van der Waals surface area (Å²) in [5.41, 5.74) is 0.757. The molecule has 2 aromatic carbocycles. The van der Waals surface area contributed by atoms with E-state index in [1.165, 1.54) is 4.31 Å². The molecule has 2 heterocycles. The van der Waals surface area contributed by atoms with Crippen LogP contribution in [0.25, 0.3) is 11.0 Å². The molecular weight excluding hydrogens is 376 g/mol. The van der Waals surface area contributed by atoms with Crippen LogP contribution in [0.1, 0.15) is 31.6 Å². The normalized spacial score (nSPS) is 19.0. The Hall–Kier alpha value is -2.64. The number of benzene rings is 2. The zero-order chi connectivity index (χ0) is 19.7. The first-order chi connectivity index (χ1) is 13.5. The minimum atomic E-state index is -3.70. The Morgan fingerprint density at radius 2 is 1.86 bits per heavy atom. The zero-order valence-electron chi connectivity index (χ0n) is 15.5. The maximum absolute atomic E-state index is 12.9. The smallest absolute Gasteiger partial charge is 0.243 e. The number of nitrogens with zero attached hydrogens (tertiary/aromatic N) is 1. The fraction of sp³-hybridized carbons (Fsp3) is 0.286. The second kappa shape index (κ2) is 7.41. The predicted octanol–water partition coefficient (Wildman–Crippen LogP) is 3.46. The van der Waals surface area contributed by atoms with Gasteiger partial charge in [0.2, 0.25) is 15.9 Å². The molecule has 0 unspecified atom stereocenters. The van der Waals surface area contributed by atoms with Crippen LogP contribution >= 0.6 is 0 Å². The maximum Gasteiger partial charge on any atom is 0.243 e. The Morgan fingerprint density at radius 3 is 2.61 bits per heavy atom. The average Bonchev–Trinajstić information content (AvgIpc) is 3.36. The fourth-order valence-corrected chi connectivity index (χ4v) is 5.29. The maximum atomic E-state index is 12.9. The van der Waals surface area contributed by atoms with Crippen molar-refractivity contribution in [1.29, 1.82) is 0 Å². The number of sulfonamides is 1. The molecule has 1 aliphatic heterocycles. The van der Waals surface area contributed by atoms with E-state index in [1.54, 1.807) is 30.3 Å². The molecule has 1 aliphatic rings. The zero-order valence-corrected chi connectivity index (χ0v) is 16.4. The molecule has 0 aliphatic carbocycles. The fourth-order valence-electron chi connectivity index (χ4n) is 3.61. The monoisotopic (exact) mass is 398 g/mol. The summed E-state index contributed by atoms with van der Waals surface area (Å²) in [5.74, 6) is 0.343. The molecule has 7 heteroatoms. The van der Waals surface area contributed by atoms with E-state index < -0.39 is 16.1 Å². The first kappa shape index (κ1) is 18.7. The quantitative estimate of drug-likeness (QED) is 0.714. The molecule has 1 N–H and O–H groups in total. The highest BCUT2D eigenvalue weighted by Crippen LogP contribution is 2.28. The Kier molecular flexibility index (Phi) is 4.95. The van der Waals surface area contributed by atoms with Crippen molar-refractivity contribution in [2.45, 2.75) is 36.7 Å². The van der Waals surface area contributed by atoms with Gasteiger partial charge in [0.25, 0.3) is 0 Å². The highest BCUT2D eigenvalue weighted by molar-refractivity contribution is 7.89. The molecule has 0 radical (unpaired) electrons. The van der Waals surface area contributed by atoms with Crippen molar-refractivity contribution in [3.63, 3.8) is 0 Å². The second-order valence-electron chi connectivity index (χ2n) is 7.00. The molecule has 1 saturated heterocycles. The number of hydrogen-bond donors (Lipinski definition) is 1. The van der Waals surface area contributed by atoms with Gasteiger partial charge < -0.3 is 9.73 Å². The number of amides is 1. The standard InChI is InChI=1S/C21H22N2O4S/c1-15(20-14-16-8-5-6-12-19(16)27-20)22-21(24)18-11-7-13-23(18)28(25,26)17-9-3-2-4-10-17/h2-6,8-10,12,14-15,18H,7,11,13H2,1H3,(H,22,24)/t15-,18-/m0/s1. The van der Waals surface area contributed by atoms with E-state index in [-0.39, 0.29) is 16.8 Å². The van der Waals surface area contributed by atoms with Gasteiger partial charge in [0.15, 0.2) is 0 Å². The van der Waals surface area contributed by atoms with Crippen LogP contribution in [-0.4, -0.2) is 31.2 Å². The molecule has 3 aromatic rings.